The number of para-hydroxylation sites is 1. The Labute approximate surface area is 153 Å². The van der Waals surface area contributed by atoms with Gasteiger partial charge >= 0.3 is 0 Å². The van der Waals surface area contributed by atoms with Crippen molar-refractivity contribution in [1.29, 1.82) is 0 Å². The summed E-state index contributed by atoms with van der Waals surface area (Å²) in [5, 5.41) is 3.42. The van der Waals surface area contributed by atoms with Crippen LogP contribution >= 0.6 is 0 Å². The van der Waals surface area contributed by atoms with Crippen LogP contribution in [0.3, 0.4) is 0 Å². The van der Waals surface area contributed by atoms with E-state index in [1.165, 1.54) is 0 Å². The van der Waals surface area contributed by atoms with Gasteiger partial charge in [-0.1, -0.05) is 30.9 Å². The summed E-state index contributed by atoms with van der Waals surface area (Å²) in [6.07, 6.45) is 5.25. The first-order chi connectivity index (χ1) is 12.7. The highest BCUT2D eigenvalue weighted by molar-refractivity contribution is 5.58. The molecule has 0 bridgehead atoms. The molecule has 26 heavy (non-hydrogen) atoms. The van der Waals surface area contributed by atoms with Gasteiger partial charge < -0.3 is 10.1 Å². The first-order valence-electron chi connectivity index (χ1n) is 8.50. The van der Waals surface area contributed by atoms with E-state index in [1.54, 1.807) is 18.5 Å². The minimum absolute atomic E-state index is 0.480. The molecule has 1 aromatic carbocycles. The van der Waals surface area contributed by atoms with Crippen molar-refractivity contribution in [2.45, 2.75) is 20.4 Å². The molecule has 0 aliphatic heterocycles. The summed E-state index contributed by atoms with van der Waals surface area (Å²) < 4.78 is 5.72. The highest BCUT2D eigenvalue weighted by Gasteiger charge is 2.11. The van der Waals surface area contributed by atoms with Crippen molar-refractivity contribution in [3.05, 3.63) is 78.3 Å². The zero-order chi connectivity index (χ0) is 18.4. The van der Waals surface area contributed by atoms with E-state index < -0.39 is 0 Å². The third-order valence-electron chi connectivity index (χ3n) is 4.08. The second-order valence-electron chi connectivity index (χ2n) is 5.91. The molecule has 132 valence electrons. The fourth-order valence-corrected chi connectivity index (χ4v) is 2.54. The molecule has 2 heterocycles. The monoisotopic (exact) mass is 346 g/mol. The molecule has 0 unspecified atom stereocenters. The SMILES string of the molecule is C=CCOc1ccccc1CNc1nc(-c2cccnc2)nc(C)c1C. The minimum atomic E-state index is 0.480. The van der Waals surface area contributed by atoms with Crippen molar-refractivity contribution in [3.63, 3.8) is 0 Å². The highest BCUT2D eigenvalue weighted by Crippen LogP contribution is 2.23. The van der Waals surface area contributed by atoms with Crippen molar-refractivity contribution < 1.29 is 4.74 Å². The molecule has 2 aromatic heterocycles. The number of hydrogen-bond donors (Lipinski definition) is 1. The average molecular weight is 346 g/mol. The first kappa shape index (κ1) is 17.6. The van der Waals surface area contributed by atoms with E-state index in [1.807, 2.05) is 50.2 Å². The Kier molecular flexibility index (Phi) is 5.59. The maximum atomic E-state index is 5.72. The van der Waals surface area contributed by atoms with Crippen LogP contribution in [0.2, 0.25) is 0 Å². The molecule has 0 aliphatic carbocycles. The maximum Gasteiger partial charge on any atom is 0.163 e. The lowest BCUT2D eigenvalue weighted by molar-refractivity contribution is 0.359. The smallest absolute Gasteiger partial charge is 0.163 e. The summed E-state index contributed by atoms with van der Waals surface area (Å²) in [6.45, 7) is 8.79. The summed E-state index contributed by atoms with van der Waals surface area (Å²) in [6, 6.07) is 11.8. The van der Waals surface area contributed by atoms with Crippen molar-refractivity contribution in [1.82, 2.24) is 15.0 Å². The lowest BCUT2D eigenvalue weighted by Crippen LogP contribution is -2.08. The summed E-state index contributed by atoms with van der Waals surface area (Å²) in [5.74, 6) is 2.32. The normalized spacial score (nSPS) is 10.4. The van der Waals surface area contributed by atoms with Gasteiger partial charge in [0.1, 0.15) is 18.2 Å². The Morgan fingerprint density at radius 3 is 2.73 bits per heavy atom. The molecule has 0 amide bonds. The zero-order valence-corrected chi connectivity index (χ0v) is 15.1. The van der Waals surface area contributed by atoms with Gasteiger partial charge in [-0.2, -0.15) is 0 Å². The van der Waals surface area contributed by atoms with E-state index in [4.69, 9.17) is 9.72 Å². The number of pyridine rings is 1. The highest BCUT2D eigenvalue weighted by atomic mass is 16.5. The van der Waals surface area contributed by atoms with Crippen molar-refractivity contribution >= 4 is 5.82 Å². The van der Waals surface area contributed by atoms with Gasteiger partial charge in [0.05, 0.1) is 0 Å². The van der Waals surface area contributed by atoms with Crippen LogP contribution in [0.15, 0.2) is 61.4 Å². The van der Waals surface area contributed by atoms with E-state index in [-0.39, 0.29) is 0 Å². The number of nitrogens with one attached hydrogen (secondary N) is 1. The van der Waals surface area contributed by atoms with Gasteiger partial charge in [0, 0.05) is 41.3 Å². The number of hydrogen-bond acceptors (Lipinski definition) is 5. The van der Waals surface area contributed by atoms with Crippen molar-refractivity contribution in [3.8, 4) is 17.1 Å². The average Bonchev–Trinajstić information content (AvgIpc) is 2.68. The molecule has 0 saturated heterocycles. The minimum Gasteiger partial charge on any atom is -0.489 e. The molecule has 5 heteroatoms. The lowest BCUT2D eigenvalue weighted by Gasteiger charge is -2.14. The lowest BCUT2D eigenvalue weighted by atomic mass is 10.2. The van der Waals surface area contributed by atoms with Crippen LogP contribution in [-0.2, 0) is 6.54 Å². The van der Waals surface area contributed by atoms with Crippen molar-refractivity contribution in [2.24, 2.45) is 0 Å². The van der Waals surface area contributed by atoms with Gasteiger partial charge in [0.15, 0.2) is 5.82 Å². The van der Waals surface area contributed by atoms with Crippen LogP contribution in [0, 0.1) is 13.8 Å². The first-order valence-corrected chi connectivity index (χ1v) is 8.50. The van der Waals surface area contributed by atoms with Gasteiger partial charge in [-0.15, -0.1) is 0 Å². The molecule has 0 radical (unpaired) electrons. The second kappa shape index (κ2) is 8.25. The number of rotatable bonds is 7. The van der Waals surface area contributed by atoms with Crippen molar-refractivity contribution in [2.75, 3.05) is 11.9 Å². The molecular formula is C21H22N4O. The number of aryl methyl sites for hydroxylation is 1. The van der Waals surface area contributed by atoms with Gasteiger partial charge in [-0.05, 0) is 32.0 Å². The molecule has 0 saturated carbocycles. The summed E-state index contributed by atoms with van der Waals surface area (Å²) in [4.78, 5) is 13.4. The van der Waals surface area contributed by atoms with Gasteiger partial charge in [-0.3, -0.25) is 4.98 Å². The quantitative estimate of drug-likeness (QED) is 0.645. The fraction of sp³-hybridized carbons (Fsp3) is 0.190. The Morgan fingerprint density at radius 1 is 1.12 bits per heavy atom. The van der Waals surface area contributed by atoms with E-state index in [0.717, 1.165) is 34.0 Å². The van der Waals surface area contributed by atoms with E-state index in [2.05, 4.69) is 21.9 Å². The van der Waals surface area contributed by atoms with Crippen LogP contribution in [0.5, 0.6) is 5.75 Å². The second-order valence-corrected chi connectivity index (χ2v) is 5.91. The summed E-state index contributed by atoms with van der Waals surface area (Å²) in [5.41, 5.74) is 3.93. The predicted molar refractivity (Wildman–Crippen MR) is 104 cm³/mol. The fourth-order valence-electron chi connectivity index (χ4n) is 2.54. The predicted octanol–water partition coefficient (Wildman–Crippen LogP) is 4.33. The van der Waals surface area contributed by atoms with E-state index in [0.29, 0.717) is 19.0 Å². The third kappa shape index (κ3) is 4.06. The number of benzene rings is 1. The Balaban J connectivity index is 1.84. The maximum absolute atomic E-state index is 5.72. The number of anilines is 1. The summed E-state index contributed by atoms with van der Waals surface area (Å²) in [7, 11) is 0. The Hall–Kier alpha value is -3.21. The largest absolute Gasteiger partial charge is 0.489 e. The summed E-state index contributed by atoms with van der Waals surface area (Å²) >= 11 is 0. The van der Waals surface area contributed by atoms with Gasteiger partial charge in [0.25, 0.3) is 0 Å². The number of ether oxygens (including phenoxy) is 1. The molecule has 3 rings (SSSR count). The molecular weight excluding hydrogens is 324 g/mol. The molecule has 3 aromatic rings. The van der Waals surface area contributed by atoms with Crippen LogP contribution in [-0.4, -0.2) is 21.6 Å². The molecule has 0 spiro atoms. The molecule has 5 nitrogen and oxygen atoms in total. The van der Waals surface area contributed by atoms with Crippen LogP contribution in [0.1, 0.15) is 16.8 Å². The molecule has 0 atom stereocenters. The van der Waals surface area contributed by atoms with Gasteiger partial charge in [0.2, 0.25) is 0 Å². The van der Waals surface area contributed by atoms with E-state index >= 15 is 0 Å². The Bertz CT molecular complexity index is 894. The molecule has 0 fully saturated rings. The number of aromatic nitrogens is 3. The van der Waals surface area contributed by atoms with Crippen LogP contribution in [0.25, 0.3) is 11.4 Å². The van der Waals surface area contributed by atoms with Gasteiger partial charge in [-0.25, -0.2) is 9.97 Å². The van der Waals surface area contributed by atoms with Crippen LogP contribution in [0.4, 0.5) is 5.82 Å². The van der Waals surface area contributed by atoms with Crippen LogP contribution < -0.4 is 10.1 Å². The Morgan fingerprint density at radius 2 is 1.96 bits per heavy atom. The third-order valence-corrected chi connectivity index (χ3v) is 4.08. The zero-order valence-electron chi connectivity index (χ0n) is 15.1. The number of nitrogens with zero attached hydrogens (tertiary/aromatic N) is 3. The van der Waals surface area contributed by atoms with E-state index in [9.17, 15) is 0 Å². The topological polar surface area (TPSA) is 59.9 Å². The molecule has 1 N–H and O–H groups in total. The standard InChI is InChI=1S/C21H22N4O/c1-4-12-26-19-10-6-5-8-17(19)14-23-20-15(2)16(3)24-21(25-20)18-9-7-11-22-13-18/h4-11,13H,1,12,14H2,2-3H3,(H,23,24,25). The molecule has 0 aliphatic rings.